The van der Waals surface area contributed by atoms with E-state index in [1.54, 1.807) is 6.92 Å². The molecule has 1 N–H and O–H groups in total. The van der Waals surface area contributed by atoms with Crippen molar-refractivity contribution in [3.05, 3.63) is 21.7 Å². The molecule has 7 nitrogen and oxygen atoms in total. The largest absolute Gasteiger partial charge is 0.494 e. The summed E-state index contributed by atoms with van der Waals surface area (Å²) in [7, 11) is 2.74. The number of anilines is 1. The molecule has 7 heteroatoms. The van der Waals surface area contributed by atoms with E-state index in [2.05, 4.69) is 5.32 Å². The number of hydrogen-bond donors (Lipinski definition) is 1. The number of nitrogens with one attached hydrogen (secondary N) is 1. The zero-order chi connectivity index (χ0) is 13.0. The Kier molecular flexibility index (Phi) is 3.86. The normalized spacial score (nSPS) is 9.59. The summed E-state index contributed by atoms with van der Waals surface area (Å²) >= 11 is 0. The zero-order valence-corrected chi connectivity index (χ0v) is 9.64. The summed E-state index contributed by atoms with van der Waals surface area (Å²) in [5, 5.41) is 13.2. The van der Waals surface area contributed by atoms with Crippen molar-refractivity contribution in [1.29, 1.82) is 0 Å². The summed E-state index contributed by atoms with van der Waals surface area (Å²) in [4.78, 5) is 20.7. The Morgan fingerprint density at radius 1 is 1.35 bits per heavy atom. The predicted octanol–water partition coefficient (Wildman–Crippen LogP) is 1.49. The second-order valence-electron chi connectivity index (χ2n) is 3.15. The van der Waals surface area contributed by atoms with E-state index in [0.29, 0.717) is 17.7 Å². The van der Waals surface area contributed by atoms with E-state index in [-0.39, 0.29) is 17.1 Å². The van der Waals surface area contributed by atoms with Crippen molar-refractivity contribution < 1.29 is 19.2 Å². The van der Waals surface area contributed by atoms with Crippen LogP contribution < -0.4 is 14.8 Å². The van der Waals surface area contributed by atoms with Gasteiger partial charge < -0.3 is 14.8 Å². The summed E-state index contributed by atoms with van der Waals surface area (Å²) in [5.41, 5.74) is 0.455. The number of amides is 1. The van der Waals surface area contributed by atoms with E-state index in [1.165, 1.54) is 20.3 Å². The molecule has 0 bridgehead atoms. The molecule has 0 aliphatic rings. The number of carbonyl (C=O) groups excluding carboxylic acids is 1. The van der Waals surface area contributed by atoms with Crippen LogP contribution in [0.3, 0.4) is 0 Å². The van der Waals surface area contributed by atoms with E-state index in [0.717, 1.165) is 0 Å². The molecular weight excluding hydrogens is 228 g/mol. The minimum atomic E-state index is -0.582. The third kappa shape index (κ3) is 2.27. The molecule has 1 aromatic rings. The first kappa shape index (κ1) is 12.8. The van der Waals surface area contributed by atoms with Gasteiger partial charge in [0.15, 0.2) is 0 Å². The van der Waals surface area contributed by atoms with Crippen LogP contribution in [0.1, 0.15) is 5.56 Å². The van der Waals surface area contributed by atoms with Crippen LogP contribution in [-0.4, -0.2) is 25.6 Å². The van der Waals surface area contributed by atoms with Crippen molar-refractivity contribution in [2.45, 2.75) is 6.92 Å². The first-order chi connectivity index (χ1) is 8.06. The molecule has 0 aliphatic carbocycles. The Balaban J connectivity index is 3.53. The second kappa shape index (κ2) is 5.15. The maximum atomic E-state index is 10.9. The van der Waals surface area contributed by atoms with Crippen molar-refractivity contribution >= 4 is 17.8 Å². The number of nitro benzene ring substituents is 1. The Morgan fingerprint density at radius 3 is 2.35 bits per heavy atom. The molecule has 0 atom stereocenters. The van der Waals surface area contributed by atoms with Crippen LogP contribution in [0.25, 0.3) is 0 Å². The van der Waals surface area contributed by atoms with Crippen LogP contribution in [0.5, 0.6) is 11.5 Å². The number of nitrogens with zero attached hydrogens (tertiary/aromatic N) is 1. The number of methoxy groups -OCH3 is 2. The lowest BCUT2D eigenvalue weighted by Gasteiger charge is -2.13. The van der Waals surface area contributed by atoms with Gasteiger partial charge in [0.25, 0.3) is 0 Å². The van der Waals surface area contributed by atoms with E-state index < -0.39 is 4.92 Å². The molecule has 0 radical (unpaired) electrons. The van der Waals surface area contributed by atoms with Crippen LogP contribution in [-0.2, 0) is 4.79 Å². The molecule has 0 saturated carbocycles. The Morgan fingerprint density at radius 2 is 1.94 bits per heavy atom. The van der Waals surface area contributed by atoms with Gasteiger partial charge >= 0.3 is 5.69 Å². The topological polar surface area (TPSA) is 90.7 Å². The quantitative estimate of drug-likeness (QED) is 0.478. The molecule has 0 heterocycles. The van der Waals surface area contributed by atoms with Crippen molar-refractivity contribution in [3.8, 4) is 11.5 Å². The van der Waals surface area contributed by atoms with Gasteiger partial charge in [-0.05, 0) is 6.92 Å². The third-order valence-electron chi connectivity index (χ3n) is 2.26. The molecule has 1 rings (SSSR count). The zero-order valence-electron chi connectivity index (χ0n) is 9.64. The minimum Gasteiger partial charge on any atom is -0.494 e. The lowest BCUT2D eigenvalue weighted by Crippen LogP contribution is -2.03. The van der Waals surface area contributed by atoms with Gasteiger partial charge in [0.05, 0.1) is 24.8 Å². The lowest BCUT2D eigenvalue weighted by atomic mass is 10.1. The van der Waals surface area contributed by atoms with Crippen LogP contribution in [0.15, 0.2) is 6.07 Å². The number of hydrogen-bond acceptors (Lipinski definition) is 5. The van der Waals surface area contributed by atoms with Crippen molar-refractivity contribution in [2.75, 3.05) is 19.5 Å². The number of benzene rings is 1. The van der Waals surface area contributed by atoms with E-state index >= 15 is 0 Å². The molecule has 0 aliphatic heterocycles. The van der Waals surface area contributed by atoms with Crippen LogP contribution in [0.2, 0.25) is 0 Å². The first-order valence-corrected chi connectivity index (χ1v) is 4.67. The van der Waals surface area contributed by atoms with E-state index in [9.17, 15) is 14.9 Å². The van der Waals surface area contributed by atoms with Gasteiger partial charge in [0.1, 0.15) is 5.75 Å². The molecule has 0 aromatic heterocycles. The van der Waals surface area contributed by atoms with Crippen LogP contribution in [0, 0.1) is 17.0 Å². The fraction of sp³-hybridized carbons (Fsp3) is 0.300. The summed E-state index contributed by atoms with van der Waals surface area (Å²) in [5.74, 6) is 0.447. The molecule has 0 unspecified atom stereocenters. The molecule has 17 heavy (non-hydrogen) atoms. The maximum Gasteiger partial charge on any atom is 0.313 e. The van der Waals surface area contributed by atoms with Crippen molar-refractivity contribution in [3.63, 3.8) is 0 Å². The highest BCUT2D eigenvalue weighted by Gasteiger charge is 2.23. The third-order valence-corrected chi connectivity index (χ3v) is 2.26. The molecular formula is C10H12N2O5. The van der Waals surface area contributed by atoms with Gasteiger partial charge in [0, 0.05) is 11.6 Å². The van der Waals surface area contributed by atoms with E-state index in [1.807, 2.05) is 0 Å². The van der Waals surface area contributed by atoms with Gasteiger partial charge in [-0.15, -0.1) is 0 Å². The van der Waals surface area contributed by atoms with Gasteiger partial charge in [0.2, 0.25) is 12.2 Å². The molecule has 92 valence electrons. The average molecular weight is 240 g/mol. The highest BCUT2D eigenvalue weighted by atomic mass is 16.6. The van der Waals surface area contributed by atoms with Crippen molar-refractivity contribution in [1.82, 2.24) is 0 Å². The Bertz CT molecular complexity index is 458. The number of nitro groups is 1. The number of rotatable bonds is 5. The van der Waals surface area contributed by atoms with Crippen LogP contribution >= 0.6 is 0 Å². The minimum absolute atomic E-state index is 0.114. The fourth-order valence-corrected chi connectivity index (χ4v) is 1.59. The molecule has 1 amide bonds. The molecule has 0 saturated heterocycles. The summed E-state index contributed by atoms with van der Waals surface area (Å²) in [6.07, 6.45) is 0.424. The molecule has 1 aromatic carbocycles. The molecule has 0 spiro atoms. The van der Waals surface area contributed by atoms with Crippen LogP contribution in [0.4, 0.5) is 11.4 Å². The van der Waals surface area contributed by atoms with Crippen molar-refractivity contribution in [2.24, 2.45) is 0 Å². The maximum absolute atomic E-state index is 10.9. The Labute approximate surface area is 97.5 Å². The monoisotopic (exact) mass is 240 g/mol. The Hall–Kier alpha value is -2.31. The highest BCUT2D eigenvalue weighted by Crippen LogP contribution is 2.41. The summed E-state index contributed by atoms with van der Waals surface area (Å²) < 4.78 is 10.1. The SMILES string of the molecule is COc1c(NC=O)cc([N+](=O)[O-])c(OC)c1C. The number of carbonyl (C=O) groups is 1. The number of ether oxygens (including phenoxy) is 2. The molecule has 0 fully saturated rings. The van der Waals surface area contributed by atoms with Gasteiger partial charge in [-0.2, -0.15) is 0 Å². The smallest absolute Gasteiger partial charge is 0.313 e. The lowest BCUT2D eigenvalue weighted by molar-refractivity contribution is -0.385. The predicted molar refractivity (Wildman–Crippen MR) is 60.6 cm³/mol. The van der Waals surface area contributed by atoms with Gasteiger partial charge in [-0.25, -0.2) is 0 Å². The highest BCUT2D eigenvalue weighted by molar-refractivity contribution is 5.80. The standard InChI is InChI=1S/C10H12N2O5/c1-6-9(16-2)7(11-5-13)4-8(12(14)15)10(6)17-3/h4-5H,1-3H3,(H,11,13). The van der Waals surface area contributed by atoms with Gasteiger partial charge in [-0.3, -0.25) is 14.9 Å². The first-order valence-electron chi connectivity index (χ1n) is 4.67. The van der Waals surface area contributed by atoms with Gasteiger partial charge in [-0.1, -0.05) is 0 Å². The summed E-state index contributed by atoms with van der Waals surface area (Å²) in [6, 6.07) is 1.19. The summed E-state index contributed by atoms with van der Waals surface area (Å²) in [6.45, 7) is 1.61. The second-order valence-corrected chi connectivity index (χ2v) is 3.15. The average Bonchev–Trinajstić information content (AvgIpc) is 2.29. The van der Waals surface area contributed by atoms with E-state index in [4.69, 9.17) is 9.47 Å². The fourth-order valence-electron chi connectivity index (χ4n) is 1.59.